The van der Waals surface area contributed by atoms with Crippen LogP contribution in [0.2, 0.25) is 0 Å². The number of fused-ring (bicyclic) bond motifs is 1. The van der Waals surface area contributed by atoms with Gasteiger partial charge in [0.1, 0.15) is 18.5 Å². The first-order valence-electron chi connectivity index (χ1n) is 10.9. The number of rotatable bonds is 11. The fourth-order valence-electron chi connectivity index (χ4n) is 3.61. The molecule has 0 aliphatic carbocycles. The number of carbonyl (C=O) groups is 2. The van der Waals surface area contributed by atoms with Crippen molar-refractivity contribution in [3.63, 3.8) is 0 Å². The molecule has 0 saturated carbocycles. The van der Waals surface area contributed by atoms with Crippen molar-refractivity contribution in [1.29, 1.82) is 0 Å². The van der Waals surface area contributed by atoms with Gasteiger partial charge >= 0.3 is 12.1 Å². The van der Waals surface area contributed by atoms with Gasteiger partial charge in [0.15, 0.2) is 11.5 Å². The van der Waals surface area contributed by atoms with E-state index >= 15 is 0 Å². The third-order valence-electron chi connectivity index (χ3n) is 5.29. The number of hydrogen-bond acceptors (Lipinski definition) is 7. The molecule has 9 nitrogen and oxygen atoms in total. The van der Waals surface area contributed by atoms with E-state index in [1.54, 1.807) is 42.5 Å². The average Bonchev–Trinajstić information content (AvgIpc) is 3.27. The molecule has 0 spiro atoms. The summed E-state index contributed by atoms with van der Waals surface area (Å²) in [7, 11) is 0. The first-order valence-corrected chi connectivity index (χ1v) is 10.9. The maximum Gasteiger partial charge on any atom is 0.412 e. The summed E-state index contributed by atoms with van der Waals surface area (Å²) >= 11 is 0. The minimum absolute atomic E-state index is 0.122. The van der Waals surface area contributed by atoms with Crippen LogP contribution >= 0.6 is 0 Å². The number of benzene rings is 2. The number of anilines is 1. The molecule has 0 fully saturated rings. The predicted octanol–water partition coefficient (Wildman–Crippen LogP) is 4.52. The van der Waals surface area contributed by atoms with E-state index in [1.807, 2.05) is 19.9 Å². The topological polar surface area (TPSA) is 124 Å². The molecule has 1 aliphatic rings. The molecular weight excluding hydrogens is 442 g/mol. The number of carboxylic acid groups (broad SMARTS) is 1. The number of nitrogens with one attached hydrogen (secondary N) is 1. The van der Waals surface area contributed by atoms with E-state index in [4.69, 9.17) is 29.2 Å². The third kappa shape index (κ3) is 6.89. The van der Waals surface area contributed by atoms with Crippen LogP contribution in [0.1, 0.15) is 38.4 Å². The monoisotopic (exact) mass is 471 g/mol. The second-order valence-electron chi connectivity index (χ2n) is 8.39. The largest absolute Gasteiger partial charge is 0.491 e. The number of ether oxygens (including phenoxy) is 4. The minimum Gasteiger partial charge on any atom is -0.491 e. The standard InChI is InChI=1S/C25H29NO8/c1-25(2,11-4-3-8-22(28)29)23(17-6-5-7-19(14-17)31-13-12-27)34-24(30)26-18-9-10-20-21(15-18)33-16-32-20/h3,5-10,14-15,23,27H,4,11-13,16H2,1-2H3,(H,26,30)(H,28,29)/b8-3+/t23-/m0/s1. The van der Waals surface area contributed by atoms with Crippen LogP contribution in [0.3, 0.4) is 0 Å². The highest BCUT2D eigenvalue weighted by Gasteiger charge is 2.34. The highest BCUT2D eigenvalue weighted by Crippen LogP contribution is 2.42. The Morgan fingerprint density at radius 2 is 1.97 bits per heavy atom. The third-order valence-corrected chi connectivity index (χ3v) is 5.29. The lowest BCUT2D eigenvalue weighted by atomic mass is 9.78. The van der Waals surface area contributed by atoms with Crippen molar-refractivity contribution < 1.29 is 38.7 Å². The van der Waals surface area contributed by atoms with Gasteiger partial charge < -0.3 is 29.2 Å². The van der Waals surface area contributed by atoms with Gasteiger partial charge in [0, 0.05) is 23.2 Å². The van der Waals surface area contributed by atoms with E-state index in [1.165, 1.54) is 0 Å². The van der Waals surface area contributed by atoms with E-state index in [0.29, 0.717) is 41.3 Å². The van der Waals surface area contributed by atoms with Crippen LogP contribution < -0.4 is 19.5 Å². The molecule has 1 aliphatic heterocycles. The maximum atomic E-state index is 12.9. The summed E-state index contributed by atoms with van der Waals surface area (Å²) in [5.74, 6) is 0.668. The molecular formula is C25H29NO8. The second-order valence-corrected chi connectivity index (χ2v) is 8.39. The summed E-state index contributed by atoms with van der Waals surface area (Å²) in [6.07, 6.45) is 2.40. The Hall–Kier alpha value is -3.72. The molecule has 0 radical (unpaired) electrons. The first-order chi connectivity index (χ1) is 16.3. The first kappa shape index (κ1) is 24.9. The van der Waals surface area contributed by atoms with E-state index in [-0.39, 0.29) is 20.0 Å². The van der Waals surface area contributed by atoms with Crippen LogP contribution in [0.15, 0.2) is 54.6 Å². The van der Waals surface area contributed by atoms with Gasteiger partial charge in [-0.1, -0.05) is 32.1 Å². The summed E-state index contributed by atoms with van der Waals surface area (Å²) in [4.78, 5) is 23.6. The highest BCUT2D eigenvalue weighted by molar-refractivity contribution is 5.85. The van der Waals surface area contributed by atoms with Gasteiger partial charge in [-0.15, -0.1) is 0 Å². The smallest absolute Gasteiger partial charge is 0.412 e. The van der Waals surface area contributed by atoms with Gasteiger partial charge in [0.2, 0.25) is 6.79 Å². The van der Waals surface area contributed by atoms with Gasteiger partial charge in [-0.05, 0) is 42.7 Å². The lowest BCUT2D eigenvalue weighted by molar-refractivity contribution is -0.131. The van der Waals surface area contributed by atoms with Gasteiger partial charge in [0.05, 0.1) is 6.61 Å². The SMILES string of the molecule is CC(C)(CC/C=C/C(=O)O)[C@@H](OC(=O)Nc1ccc2c(c1)OCO2)c1cccc(OCCO)c1. The van der Waals surface area contributed by atoms with Crippen molar-refractivity contribution >= 4 is 17.7 Å². The van der Waals surface area contributed by atoms with Gasteiger partial charge in [-0.25, -0.2) is 9.59 Å². The number of aliphatic hydroxyl groups is 1. The molecule has 2 aromatic carbocycles. The molecule has 0 unspecified atom stereocenters. The van der Waals surface area contributed by atoms with Crippen molar-refractivity contribution in [2.75, 3.05) is 25.3 Å². The van der Waals surface area contributed by atoms with Crippen LogP contribution in [-0.4, -0.2) is 42.3 Å². The maximum absolute atomic E-state index is 12.9. The number of amides is 1. The Morgan fingerprint density at radius 3 is 2.74 bits per heavy atom. The summed E-state index contributed by atoms with van der Waals surface area (Å²) < 4.78 is 22.1. The summed E-state index contributed by atoms with van der Waals surface area (Å²) in [5.41, 5.74) is 0.656. The van der Waals surface area contributed by atoms with Crippen LogP contribution in [0.5, 0.6) is 17.2 Å². The molecule has 0 bridgehead atoms. The van der Waals surface area contributed by atoms with Gasteiger partial charge in [-0.2, -0.15) is 0 Å². The molecule has 1 amide bonds. The van der Waals surface area contributed by atoms with Gasteiger partial charge in [0.25, 0.3) is 0 Å². The Kier molecular flexibility index (Phi) is 8.37. The van der Waals surface area contributed by atoms with Crippen molar-refractivity contribution in [2.45, 2.75) is 32.8 Å². The van der Waals surface area contributed by atoms with Crippen LogP contribution in [-0.2, 0) is 9.53 Å². The Labute approximate surface area is 197 Å². The Bertz CT molecular complexity index is 1030. The van der Waals surface area contributed by atoms with E-state index in [0.717, 1.165) is 6.08 Å². The molecule has 1 atom stereocenters. The number of hydrogen-bond donors (Lipinski definition) is 3. The lowest BCUT2D eigenvalue weighted by Crippen LogP contribution is -2.29. The number of allylic oxidation sites excluding steroid dienone is 1. The fourth-order valence-corrected chi connectivity index (χ4v) is 3.61. The van der Waals surface area contributed by atoms with E-state index in [2.05, 4.69) is 5.32 Å². The van der Waals surface area contributed by atoms with Crippen LogP contribution in [0.25, 0.3) is 0 Å². The van der Waals surface area contributed by atoms with Gasteiger partial charge in [-0.3, -0.25) is 5.32 Å². The van der Waals surface area contributed by atoms with Crippen molar-refractivity contribution in [3.8, 4) is 17.2 Å². The zero-order valence-electron chi connectivity index (χ0n) is 19.2. The van der Waals surface area contributed by atoms with Crippen LogP contribution in [0, 0.1) is 5.41 Å². The molecule has 3 N–H and O–H groups in total. The van der Waals surface area contributed by atoms with E-state index < -0.39 is 23.6 Å². The zero-order chi connectivity index (χ0) is 24.6. The minimum atomic E-state index is -1.01. The van der Waals surface area contributed by atoms with E-state index in [9.17, 15) is 9.59 Å². The number of aliphatic hydroxyl groups excluding tert-OH is 1. The predicted molar refractivity (Wildman–Crippen MR) is 124 cm³/mol. The quantitative estimate of drug-likeness (QED) is 0.409. The molecule has 182 valence electrons. The summed E-state index contributed by atoms with van der Waals surface area (Å²) in [5, 5.41) is 20.6. The Balaban J connectivity index is 1.79. The average molecular weight is 472 g/mol. The number of aliphatic carboxylic acids is 1. The van der Waals surface area contributed by atoms with Crippen molar-refractivity contribution in [2.24, 2.45) is 5.41 Å². The summed E-state index contributed by atoms with van der Waals surface area (Å²) in [6.45, 7) is 4.04. The highest BCUT2D eigenvalue weighted by atomic mass is 16.7. The molecule has 9 heteroatoms. The molecule has 2 aromatic rings. The number of carboxylic acids is 1. The second kappa shape index (κ2) is 11.4. The molecule has 0 aromatic heterocycles. The normalized spacial score (nSPS) is 13.5. The Morgan fingerprint density at radius 1 is 1.18 bits per heavy atom. The molecule has 3 rings (SSSR count). The van der Waals surface area contributed by atoms with Crippen LogP contribution in [0.4, 0.5) is 10.5 Å². The zero-order valence-corrected chi connectivity index (χ0v) is 19.2. The van der Waals surface area contributed by atoms with Crippen molar-refractivity contribution in [1.82, 2.24) is 0 Å². The molecule has 1 heterocycles. The summed E-state index contributed by atoms with van der Waals surface area (Å²) in [6, 6.07) is 12.2. The molecule has 34 heavy (non-hydrogen) atoms. The van der Waals surface area contributed by atoms with Crippen molar-refractivity contribution in [3.05, 3.63) is 60.2 Å². The molecule has 0 saturated heterocycles. The lowest BCUT2D eigenvalue weighted by Gasteiger charge is -2.34. The number of carbonyl (C=O) groups excluding carboxylic acids is 1. The fraction of sp³-hybridized carbons (Fsp3) is 0.360.